The van der Waals surface area contributed by atoms with Crippen LogP contribution in [0.4, 0.5) is 19.3 Å². The molecular formula is C24H29F2N9O2. The fourth-order valence-electron chi connectivity index (χ4n) is 4.80. The predicted molar refractivity (Wildman–Crippen MR) is 131 cm³/mol. The number of aromatic amines is 1. The molecule has 196 valence electrons. The van der Waals surface area contributed by atoms with E-state index < -0.39 is 18.0 Å². The number of aromatic nitrogens is 5. The number of urea groups is 1. The quantitative estimate of drug-likeness (QED) is 0.524. The first-order chi connectivity index (χ1) is 17.8. The number of likely N-dealkylation sites (tertiary alicyclic amines) is 2. The molecule has 0 bridgehead atoms. The summed E-state index contributed by atoms with van der Waals surface area (Å²) >= 11 is 0. The molecule has 2 N–H and O–H groups in total. The zero-order valence-electron chi connectivity index (χ0n) is 20.6. The van der Waals surface area contributed by atoms with Crippen LogP contribution in [0.5, 0.6) is 0 Å². The third-order valence-electron chi connectivity index (χ3n) is 6.87. The first-order valence-corrected chi connectivity index (χ1v) is 12.2. The average molecular weight is 514 g/mol. The Balaban J connectivity index is 1.21. The molecule has 0 aromatic carbocycles. The van der Waals surface area contributed by atoms with E-state index in [1.165, 1.54) is 16.9 Å². The monoisotopic (exact) mass is 513 g/mol. The van der Waals surface area contributed by atoms with Gasteiger partial charge in [0.1, 0.15) is 5.69 Å². The van der Waals surface area contributed by atoms with Gasteiger partial charge in [0.25, 0.3) is 12.3 Å². The van der Waals surface area contributed by atoms with E-state index in [1.54, 1.807) is 43.4 Å². The molecule has 2 fully saturated rings. The molecule has 11 nitrogen and oxygen atoms in total. The molecule has 13 heteroatoms. The summed E-state index contributed by atoms with van der Waals surface area (Å²) < 4.78 is 29.0. The third-order valence-corrected chi connectivity index (χ3v) is 6.87. The standard InChI is InChI=1S/C24H29F2N9O2/c1-32(2)24(37)33-10-7-15(8-11-33)34-12-16(13-34)35-14-20(21(31-35)22(25)26)29-23(36)19-5-3-4-17(28-19)18-6-9-27-30-18/h3-6,9,14-16,22H,7-8,10-13H2,1-2H3,(H,27,30)(H,29,36). The number of pyridine rings is 1. The van der Waals surface area contributed by atoms with Crippen LogP contribution >= 0.6 is 0 Å². The molecule has 3 amide bonds. The highest BCUT2D eigenvalue weighted by atomic mass is 19.3. The summed E-state index contributed by atoms with van der Waals surface area (Å²) in [5.41, 5.74) is 0.755. The maximum absolute atomic E-state index is 13.8. The van der Waals surface area contributed by atoms with Crippen LogP contribution in [-0.2, 0) is 0 Å². The van der Waals surface area contributed by atoms with E-state index in [4.69, 9.17) is 0 Å². The number of rotatable bonds is 6. The number of anilines is 1. The number of hydrogen-bond acceptors (Lipinski definition) is 6. The van der Waals surface area contributed by atoms with Crippen molar-refractivity contribution >= 4 is 17.6 Å². The van der Waals surface area contributed by atoms with Crippen molar-refractivity contribution < 1.29 is 18.4 Å². The van der Waals surface area contributed by atoms with Gasteiger partial charge in [-0.25, -0.2) is 18.6 Å². The number of H-pyrrole nitrogens is 1. The second kappa shape index (κ2) is 10.2. The van der Waals surface area contributed by atoms with Crippen LogP contribution in [-0.4, -0.2) is 97.9 Å². The Kier molecular flexibility index (Phi) is 6.87. The molecule has 0 unspecified atom stereocenters. The first kappa shape index (κ1) is 24.8. The zero-order chi connectivity index (χ0) is 26.1. The Morgan fingerprint density at radius 2 is 1.89 bits per heavy atom. The summed E-state index contributed by atoms with van der Waals surface area (Å²) in [5, 5.41) is 13.3. The van der Waals surface area contributed by atoms with Gasteiger partial charge in [-0.1, -0.05) is 6.07 Å². The summed E-state index contributed by atoms with van der Waals surface area (Å²) in [5.74, 6) is -0.600. The molecule has 3 aromatic rings. The highest BCUT2D eigenvalue weighted by Crippen LogP contribution is 2.32. The topological polar surface area (TPSA) is 115 Å². The number of carbonyl (C=O) groups excluding carboxylic acids is 2. The maximum atomic E-state index is 13.8. The van der Waals surface area contributed by atoms with Crippen molar-refractivity contribution in [1.82, 2.24) is 39.7 Å². The average Bonchev–Trinajstić information content (AvgIpc) is 3.54. The van der Waals surface area contributed by atoms with E-state index in [1.807, 2.05) is 4.90 Å². The molecule has 5 heterocycles. The summed E-state index contributed by atoms with van der Waals surface area (Å²) in [7, 11) is 3.50. The van der Waals surface area contributed by atoms with Crippen molar-refractivity contribution in [1.29, 1.82) is 0 Å². The molecular weight excluding hydrogens is 484 g/mol. The van der Waals surface area contributed by atoms with Gasteiger partial charge in [0.15, 0.2) is 5.69 Å². The van der Waals surface area contributed by atoms with Gasteiger partial charge in [0.2, 0.25) is 0 Å². The van der Waals surface area contributed by atoms with Crippen LogP contribution in [0.2, 0.25) is 0 Å². The van der Waals surface area contributed by atoms with Crippen molar-refractivity contribution in [3.05, 3.63) is 48.0 Å². The highest BCUT2D eigenvalue weighted by Gasteiger charge is 2.37. The van der Waals surface area contributed by atoms with Gasteiger partial charge in [0.05, 0.1) is 23.1 Å². The number of carbonyl (C=O) groups is 2. The SMILES string of the molecule is CN(C)C(=O)N1CCC(N2CC(n3cc(NC(=O)c4cccc(-c5ccn[nH]5)n4)c(C(F)F)n3)C2)CC1. The molecule has 0 aliphatic carbocycles. The molecule has 2 saturated heterocycles. The van der Waals surface area contributed by atoms with E-state index in [0.29, 0.717) is 43.6 Å². The van der Waals surface area contributed by atoms with E-state index in [-0.39, 0.29) is 23.5 Å². The normalized spacial score (nSPS) is 17.2. The number of hydrogen-bond donors (Lipinski definition) is 2. The Hall–Kier alpha value is -3.87. The third kappa shape index (κ3) is 5.17. The zero-order valence-corrected chi connectivity index (χ0v) is 20.6. The number of piperidine rings is 1. The van der Waals surface area contributed by atoms with E-state index in [2.05, 4.69) is 30.5 Å². The van der Waals surface area contributed by atoms with Crippen molar-refractivity contribution in [2.24, 2.45) is 0 Å². The maximum Gasteiger partial charge on any atom is 0.319 e. The van der Waals surface area contributed by atoms with Crippen molar-refractivity contribution in [2.45, 2.75) is 31.4 Å². The molecule has 2 aliphatic heterocycles. The predicted octanol–water partition coefficient (Wildman–Crippen LogP) is 2.86. The second-order valence-electron chi connectivity index (χ2n) is 9.54. The Labute approximate surface area is 212 Å². The van der Waals surface area contributed by atoms with Crippen molar-refractivity contribution in [3.63, 3.8) is 0 Å². The van der Waals surface area contributed by atoms with Crippen LogP contribution in [0.15, 0.2) is 36.7 Å². The summed E-state index contributed by atoms with van der Waals surface area (Å²) in [6, 6.07) is 6.93. The van der Waals surface area contributed by atoms with E-state index in [0.717, 1.165) is 12.8 Å². The molecule has 5 rings (SSSR count). The largest absolute Gasteiger partial charge is 0.331 e. The lowest BCUT2D eigenvalue weighted by Gasteiger charge is -2.47. The lowest BCUT2D eigenvalue weighted by Crippen LogP contribution is -2.56. The fourth-order valence-corrected chi connectivity index (χ4v) is 4.80. The van der Waals surface area contributed by atoms with Crippen LogP contribution in [0.1, 0.15) is 41.5 Å². The molecule has 37 heavy (non-hydrogen) atoms. The highest BCUT2D eigenvalue weighted by molar-refractivity contribution is 6.03. The number of halogens is 2. The molecule has 3 aromatic heterocycles. The van der Waals surface area contributed by atoms with Gasteiger partial charge in [0, 0.05) is 58.7 Å². The molecule has 2 aliphatic rings. The number of amides is 3. The van der Waals surface area contributed by atoms with Gasteiger partial charge in [-0.15, -0.1) is 0 Å². The van der Waals surface area contributed by atoms with Crippen LogP contribution in [0.25, 0.3) is 11.4 Å². The molecule has 0 spiro atoms. The van der Waals surface area contributed by atoms with Gasteiger partial charge in [-0.3, -0.25) is 19.5 Å². The van der Waals surface area contributed by atoms with Gasteiger partial charge in [-0.2, -0.15) is 10.2 Å². The Morgan fingerprint density at radius 3 is 2.54 bits per heavy atom. The summed E-state index contributed by atoms with van der Waals surface area (Å²) in [4.78, 5) is 35.0. The molecule has 0 saturated carbocycles. The Morgan fingerprint density at radius 1 is 1.14 bits per heavy atom. The molecule has 0 radical (unpaired) electrons. The minimum absolute atomic E-state index is 0.0221. The smallest absolute Gasteiger partial charge is 0.319 e. The summed E-state index contributed by atoms with van der Waals surface area (Å²) in [6.45, 7) is 2.76. The van der Waals surface area contributed by atoms with Gasteiger partial charge < -0.3 is 15.1 Å². The number of alkyl halides is 2. The lowest BCUT2D eigenvalue weighted by molar-refractivity contribution is 0.0234. The lowest BCUT2D eigenvalue weighted by atomic mass is 9.97. The minimum Gasteiger partial charge on any atom is -0.331 e. The van der Waals surface area contributed by atoms with E-state index in [9.17, 15) is 18.4 Å². The number of nitrogens with one attached hydrogen (secondary N) is 2. The van der Waals surface area contributed by atoms with Crippen molar-refractivity contribution in [3.8, 4) is 11.4 Å². The van der Waals surface area contributed by atoms with Crippen LogP contribution < -0.4 is 5.32 Å². The number of nitrogens with zero attached hydrogens (tertiary/aromatic N) is 7. The van der Waals surface area contributed by atoms with Crippen LogP contribution in [0, 0.1) is 0 Å². The van der Waals surface area contributed by atoms with Crippen molar-refractivity contribution in [2.75, 3.05) is 45.6 Å². The van der Waals surface area contributed by atoms with Gasteiger partial charge in [-0.05, 0) is 31.0 Å². The summed E-state index contributed by atoms with van der Waals surface area (Å²) in [6.07, 6.45) is 1.96. The minimum atomic E-state index is -2.84. The fraction of sp³-hybridized carbons (Fsp3) is 0.458. The molecule has 0 atom stereocenters. The van der Waals surface area contributed by atoms with Crippen LogP contribution in [0.3, 0.4) is 0 Å². The first-order valence-electron chi connectivity index (χ1n) is 12.2. The second-order valence-corrected chi connectivity index (χ2v) is 9.54. The van der Waals surface area contributed by atoms with Gasteiger partial charge >= 0.3 is 6.03 Å². The Bertz CT molecular complexity index is 1250. The van der Waals surface area contributed by atoms with E-state index >= 15 is 0 Å².